The van der Waals surface area contributed by atoms with Crippen LogP contribution in [0.15, 0.2) is 22.7 Å². The Morgan fingerprint density at radius 1 is 1.50 bits per heavy atom. The second kappa shape index (κ2) is 5.38. The van der Waals surface area contributed by atoms with Gasteiger partial charge in [-0.2, -0.15) is 0 Å². The minimum absolute atomic E-state index is 0.0870. The van der Waals surface area contributed by atoms with Crippen molar-refractivity contribution in [1.82, 2.24) is 5.32 Å². The van der Waals surface area contributed by atoms with Crippen LogP contribution in [0.3, 0.4) is 0 Å². The first kappa shape index (κ1) is 13.5. The molecule has 1 amide bonds. The van der Waals surface area contributed by atoms with Gasteiger partial charge in [0.15, 0.2) is 0 Å². The van der Waals surface area contributed by atoms with Crippen molar-refractivity contribution in [3.05, 3.63) is 28.2 Å². The summed E-state index contributed by atoms with van der Waals surface area (Å²) in [5.41, 5.74) is 1.69. The van der Waals surface area contributed by atoms with Crippen molar-refractivity contribution < 1.29 is 9.53 Å². The number of ether oxygens (including phenoxy) is 1. The third-order valence-electron chi connectivity index (χ3n) is 2.88. The summed E-state index contributed by atoms with van der Waals surface area (Å²) >= 11 is 3.40. The van der Waals surface area contributed by atoms with Crippen LogP contribution in [0.4, 0.5) is 5.69 Å². The van der Waals surface area contributed by atoms with Crippen molar-refractivity contribution in [2.45, 2.75) is 19.4 Å². The minimum Gasteiger partial charge on any atom is -0.363 e. The SMILES string of the molecule is Cc1cc(Br)cc(NC(=O)COC2(C)CNC2)c1. The third-order valence-corrected chi connectivity index (χ3v) is 3.33. The van der Waals surface area contributed by atoms with Gasteiger partial charge in [-0.1, -0.05) is 15.9 Å². The molecular weight excluding hydrogens is 296 g/mol. The normalized spacial score (nSPS) is 17.1. The summed E-state index contributed by atoms with van der Waals surface area (Å²) in [7, 11) is 0. The van der Waals surface area contributed by atoms with E-state index in [0.717, 1.165) is 28.8 Å². The summed E-state index contributed by atoms with van der Waals surface area (Å²) in [4.78, 5) is 11.7. The lowest BCUT2D eigenvalue weighted by atomic mass is 10.0. The lowest BCUT2D eigenvalue weighted by Crippen LogP contribution is -2.59. The first-order valence-corrected chi connectivity index (χ1v) is 6.68. The molecule has 1 heterocycles. The molecule has 98 valence electrons. The largest absolute Gasteiger partial charge is 0.363 e. The molecule has 1 aliphatic heterocycles. The quantitative estimate of drug-likeness (QED) is 0.895. The summed E-state index contributed by atoms with van der Waals surface area (Å²) in [6, 6.07) is 5.79. The predicted octanol–water partition coefficient (Wildman–Crippen LogP) is 2.07. The molecule has 0 bridgehead atoms. The van der Waals surface area contributed by atoms with Gasteiger partial charge in [0.1, 0.15) is 6.61 Å². The molecule has 1 aromatic rings. The number of hydrogen-bond acceptors (Lipinski definition) is 3. The highest BCUT2D eigenvalue weighted by Crippen LogP contribution is 2.19. The molecule has 0 radical (unpaired) electrons. The van der Waals surface area contributed by atoms with Gasteiger partial charge in [-0.05, 0) is 37.6 Å². The van der Waals surface area contributed by atoms with E-state index in [2.05, 4.69) is 26.6 Å². The molecule has 1 aliphatic rings. The minimum atomic E-state index is -0.190. The predicted molar refractivity (Wildman–Crippen MR) is 74.7 cm³/mol. The Hall–Kier alpha value is -0.910. The van der Waals surface area contributed by atoms with Crippen molar-refractivity contribution in [2.75, 3.05) is 25.0 Å². The molecule has 0 spiro atoms. The first-order valence-electron chi connectivity index (χ1n) is 5.89. The molecule has 1 saturated heterocycles. The summed E-state index contributed by atoms with van der Waals surface area (Å²) in [6.07, 6.45) is 0. The van der Waals surface area contributed by atoms with E-state index in [4.69, 9.17) is 4.74 Å². The van der Waals surface area contributed by atoms with Crippen LogP contribution < -0.4 is 10.6 Å². The van der Waals surface area contributed by atoms with Gasteiger partial charge >= 0.3 is 0 Å². The van der Waals surface area contributed by atoms with Crippen LogP contribution in [0.5, 0.6) is 0 Å². The van der Waals surface area contributed by atoms with Crippen molar-refractivity contribution in [3.8, 4) is 0 Å². The number of halogens is 1. The summed E-state index contributed by atoms with van der Waals surface area (Å²) in [6.45, 7) is 5.67. The fraction of sp³-hybridized carbons (Fsp3) is 0.462. The monoisotopic (exact) mass is 312 g/mol. The number of nitrogens with one attached hydrogen (secondary N) is 2. The fourth-order valence-corrected chi connectivity index (χ4v) is 2.43. The van der Waals surface area contributed by atoms with Crippen LogP contribution in [0, 0.1) is 6.92 Å². The first-order chi connectivity index (χ1) is 8.47. The Morgan fingerprint density at radius 3 is 2.78 bits per heavy atom. The Balaban J connectivity index is 1.86. The lowest BCUT2D eigenvalue weighted by Gasteiger charge is -2.38. The second-order valence-corrected chi connectivity index (χ2v) is 5.82. The lowest BCUT2D eigenvalue weighted by molar-refractivity contribution is -0.130. The van der Waals surface area contributed by atoms with Gasteiger partial charge in [-0.3, -0.25) is 4.79 Å². The summed E-state index contributed by atoms with van der Waals surface area (Å²) in [5, 5.41) is 5.96. The Labute approximate surface area is 115 Å². The van der Waals surface area contributed by atoms with E-state index in [1.165, 1.54) is 0 Å². The van der Waals surface area contributed by atoms with Crippen LogP contribution in [0.1, 0.15) is 12.5 Å². The van der Waals surface area contributed by atoms with Crippen molar-refractivity contribution >= 4 is 27.5 Å². The van der Waals surface area contributed by atoms with E-state index in [1.54, 1.807) is 0 Å². The van der Waals surface area contributed by atoms with Crippen LogP contribution in [-0.4, -0.2) is 31.2 Å². The molecule has 1 fully saturated rings. The summed E-state index contributed by atoms with van der Waals surface area (Å²) in [5.74, 6) is -0.124. The standard InChI is InChI=1S/C13H17BrN2O2/c1-9-3-10(14)5-11(4-9)16-12(17)6-18-13(2)7-15-8-13/h3-5,15H,6-8H2,1-2H3,(H,16,17). The maximum Gasteiger partial charge on any atom is 0.250 e. The van der Waals surface area contributed by atoms with Crippen molar-refractivity contribution in [1.29, 1.82) is 0 Å². The number of hydrogen-bond donors (Lipinski definition) is 2. The van der Waals surface area contributed by atoms with Gasteiger partial charge in [0.05, 0.1) is 5.60 Å². The zero-order valence-corrected chi connectivity index (χ0v) is 12.1. The Bertz CT molecular complexity index is 438. The highest BCUT2D eigenvalue weighted by molar-refractivity contribution is 9.10. The number of anilines is 1. The van der Waals surface area contributed by atoms with E-state index < -0.39 is 0 Å². The number of rotatable bonds is 4. The second-order valence-electron chi connectivity index (χ2n) is 4.91. The zero-order valence-electron chi connectivity index (χ0n) is 10.5. The van der Waals surface area contributed by atoms with Gasteiger partial charge in [0.25, 0.3) is 0 Å². The molecule has 0 aliphatic carbocycles. The maximum absolute atomic E-state index is 11.7. The third kappa shape index (κ3) is 3.54. The van der Waals surface area contributed by atoms with Crippen molar-refractivity contribution in [3.63, 3.8) is 0 Å². The highest BCUT2D eigenvalue weighted by Gasteiger charge is 2.32. The number of amides is 1. The molecule has 0 aromatic heterocycles. The Morgan fingerprint density at radius 2 is 2.22 bits per heavy atom. The number of carbonyl (C=O) groups is 1. The molecular formula is C13H17BrN2O2. The van der Waals surface area contributed by atoms with E-state index in [1.807, 2.05) is 32.0 Å². The molecule has 0 unspecified atom stereocenters. The molecule has 1 aromatic carbocycles. The molecule has 4 nitrogen and oxygen atoms in total. The van der Waals surface area contributed by atoms with Gasteiger partial charge in [-0.15, -0.1) is 0 Å². The van der Waals surface area contributed by atoms with Crippen LogP contribution >= 0.6 is 15.9 Å². The fourth-order valence-electron chi connectivity index (χ4n) is 1.82. The van der Waals surface area contributed by atoms with Gasteiger partial charge in [0, 0.05) is 23.2 Å². The van der Waals surface area contributed by atoms with E-state index >= 15 is 0 Å². The molecule has 18 heavy (non-hydrogen) atoms. The van der Waals surface area contributed by atoms with Crippen LogP contribution in [-0.2, 0) is 9.53 Å². The van der Waals surface area contributed by atoms with Crippen molar-refractivity contribution in [2.24, 2.45) is 0 Å². The number of aryl methyl sites for hydroxylation is 1. The molecule has 2 N–H and O–H groups in total. The number of benzene rings is 1. The smallest absolute Gasteiger partial charge is 0.250 e. The summed E-state index contributed by atoms with van der Waals surface area (Å²) < 4.78 is 6.53. The Kier molecular flexibility index (Phi) is 4.04. The zero-order chi connectivity index (χ0) is 13.2. The average Bonchev–Trinajstić information content (AvgIpc) is 2.22. The molecule has 0 saturated carbocycles. The topological polar surface area (TPSA) is 50.4 Å². The van der Waals surface area contributed by atoms with Crippen LogP contribution in [0.2, 0.25) is 0 Å². The molecule has 0 atom stereocenters. The average molecular weight is 313 g/mol. The van der Waals surface area contributed by atoms with Gasteiger partial charge < -0.3 is 15.4 Å². The highest BCUT2D eigenvalue weighted by atomic mass is 79.9. The molecule has 5 heteroatoms. The number of carbonyl (C=O) groups excluding carboxylic acids is 1. The maximum atomic E-state index is 11.7. The van der Waals surface area contributed by atoms with E-state index in [-0.39, 0.29) is 18.1 Å². The van der Waals surface area contributed by atoms with Gasteiger partial charge in [0.2, 0.25) is 5.91 Å². The van der Waals surface area contributed by atoms with E-state index in [0.29, 0.717) is 0 Å². The van der Waals surface area contributed by atoms with E-state index in [9.17, 15) is 4.79 Å². The molecule has 2 rings (SSSR count). The van der Waals surface area contributed by atoms with Crippen LogP contribution in [0.25, 0.3) is 0 Å². The van der Waals surface area contributed by atoms with Gasteiger partial charge in [-0.25, -0.2) is 0 Å².